The zero-order valence-corrected chi connectivity index (χ0v) is 20.1. The molecule has 1 aliphatic rings. The second-order valence-electron chi connectivity index (χ2n) is 9.27. The number of benzene rings is 2. The SMILES string of the molecule is CC(C)(C)OC(=O)NCc1ccc(-c2cc(CN3CCOCC3)c3ccc(Cl)cc3n2)cc1. The Hall–Kier alpha value is -2.67. The van der Waals surface area contributed by atoms with Gasteiger partial charge in [-0.25, -0.2) is 9.78 Å². The van der Waals surface area contributed by atoms with E-state index in [1.807, 2.05) is 57.2 Å². The molecule has 33 heavy (non-hydrogen) atoms. The maximum Gasteiger partial charge on any atom is 0.407 e. The minimum Gasteiger partial charge on any atom is -0.444 e. The van der Waals surface area contributed by atoms with Gasteiger partial charge < -0.3 is 14.8 Å². The van der Waals surface area contributed by atoms with Gasteiger partial charge in [0.15, 0.2) is 0 Å². The molecule has 1 N–H and O–H groups in total. The van der Waals surface area contributed by atoms with E-state index < -0.39 is 11.7 Å². The van der Waals surface area contributed by atoms with Gasteiger partial charge in [0.1, 0.15) is 5.60 Å². The highest BCUT2D eigenvalue weighted by atomic mass is 35.5. The largest absolute Gasteiger partial charge is 0.444 e. The second-order valence-corrected chi connectivity index (χ2v) is 9.71. The number of amides is 1. The fraction of sp³-hybridized carbons (Fsp3) is 0.385. The Morgan fingerprint density at radius 3 is 2.55 bits per heavy atom. The molecular formula is C26H30ClN3O3. The van der Waals surface area contributed by atoms with Crippen LogP contribution in [0, 0.1) is 0 Å². The summed E-state index contributed by atoms with van der Waals surface area (Å²) in [6.45, 7) is 10.2. The van der Waals surface area contributed by atoms with E-state index in [9.17, 15) is 4.79 Å². The number of fused-ring (bicyclic) bond motifs is 1. The summed E-state index contributed by atoms with van der Waals surface area (Å²) in [5.41, 5.74) is 4.50. The van der Waals surface area contributed by atoms with E-state index in [-0.39, 0.29) is 0 Å². The lowest BCUT2D eigenvalue weighted by atomic mass is 10.0. The van der Waals surface area contributed by atoms with E-state index in [4.69, 9.17) is 26.1 Å². The average Bonchev–Trinajstić information content (AvgIpc) is 2.77. The molecule has 4 rings (SSSR count). The molecule has 0 atom stereocenters. The van der Waals surface area contributed by atoms with Crippen molar-refractivity contribution in [1.82, 2.24) is 15.2 Å². The van der Waals surface area contributed by atoms with Gasteiger partial charge in [0.05, 0.1) is 24.4 Å². The third-order valence-corrected chi connectivity index (χ3v) is 5.68. The number of morpholine rings is 1. The van der Waals surface area contributed by atoms with Crippen LogP contribution in [0.25, 0.3) is 22.2 Å². The van der Waals surface area contributed by atoms with Gasteiger partial charge in [-0.1, -0.05) is 41.9 Å². The standard InChI is InChI=1S/C26H30ClN3O3/c1-26(2,3)33-25(31)28-16-18-4-6-19(7-5-18)23-14-20(17-30-10-12-32-13-11-30)22-9-8-21(27)15-24(22)29-23/h4-9,14-15H,10-13,16-17H2,1-3H3,(H,28,31). The number of carbonyl (C=O) groups excluding carboxylic acids is 1. The lowest BCUT2D eigenvalue weighted by molar-refractivity contribution is 0.0343. The van der Waals surface area contributed by atoms with Crippen LogP contribution >= 0.6 is 11.6 Å². The van der Waals surface area contributed by atoms with E-state index in [0.717, 1.165) is 60.6 Å². The Morgan fingerprint density at radius 1 is 1.12 bits per heavy atom. The Labute approximate surface area is 199 Å². The molecule has 0 unspecified atom stereocenters. The molecule has 2 aromatic carbocycles. The lowest BCUT2D eigenvalue weighted by Crippen LogP contribution is -2.35. The van der Waals surface area contributed by atoms with Gasteiger partial charge >= 0.3 is 6.09 Å². The number of pyridine rings is 1. The van der Waals surface area contributed by atoms with E-state index in [0.29, 0.717) is 11.6 Å². The Balaban J connectivity index is 1.55. The quantitative estimate of drug-likeness (QED) is 0.543. The highest BCUT2D eigenvalue weighted by molar-refractivity contribution is 6.31. The van der Waals surface area contributed by atoms with Crippen LogP contribution in [0.15, 0.2) is 48.5 Å². The number of nitrogens with one attached hydrogen (secondary N) is 1. The predicted molar refractivity (Wildman–Crippen MR) is 131 cm³/mol. The molecule has 0 spiro atoms. The first-order chi connectivity index (χ1) is 15.8. The van der Waals surface area contributed by atoms with Gasteiger partial charge in [-0.2, -0.15) is 0 Å². The van der Waals surface area contributed by atoms with Crippen molar-refractivity contribution in [3.05, 3.63) is 64.7 Å². The van der Waals surface area contributed by atoms with Gasteiger partial charge in [0.2, 0.25) is 0 Å². The summed E-state index contributed by atoms with van der Waals surface area (Å²) >= 11 is 6.27. The monoisotopic (exact) mass is 467 g/mol. The lowest BCUT2D eigenvalue weighted by Gasteiger charge is -2.27. The van der Waals surface area contributed by atoms with Crippen molar-refractivity contribution in [2.75, 3.05) is 26.3 Å². The zero-order chi connectivity index (χ0) is 23.4. The van der Waals surface area contributed by atoms with Gasteiger partial charge in [-0.3, -0.25) is 4.90 Å². The molecule has 0 aliphatic carbocycles. The number of rotatable bonds is 5. The van der Waals surface area contributed by atoms with Gasteiger partial charge in [0.25, 0.3) is 0 Å². The number of ether oxygens (including phenoxy) is 2. The minimum atomic E-state index is -0.516. The third-order valence-electron chi connectivity index (χ3n) is 5.44. The van der Waals surface area contributed by atoms with Crippen LogP contribution in [0.5, 0.6) is 0 Å². The molecular weight excluding hydrogens is 438 g/mol. The third kappa shape index (κ3) is 6.44. The minimum absolute atomic E-state index is 0.401. The van der Waals surface area contributed by atoms with Crippen molar-refractivity contribution in [3.63, 3.8) is 0 Å². The molecule has 1 amide bonds. The predicted octanol–water partition coefficient (Wildman–Crippen LogP) is 5.41. The topological polar surface area (TPSA) is 63.7 Å². The molecule has 2 heterocycles. The summed E-state index contributed by atoms with van der Waals surface area (Å²) in [7, 11) is 0. The fourth-order valence-electron chi connectivity index (χ4n) is 3.83. The van der Waals surface area contributed by atoms with Gasteiger partial charge in [-0.15, -0.1) is 0 Å². The summed E-state index contributed by atoms with van der Waals surface area (Å²) in [4.78, 5) is 19.2. The summed E-state index contributed by atoms with van der Waals surface area (Å²) in [5.74, 6) is 0. The Bertz CT molecular complexity index is 1120. The van der Waals surface area contributed by atoms with Crippen LogP contribution in [-0.4, -0.2) is 47.9 Å². The first-order valence-electron chi connectivity index (χ1n) is 11.2. The highest BCUT2D eigenvalue weighted by Gasteiger charge is 2.16. The maximum absolute atomic E-state index is 11.9. The van der Waals surface area contributed by atoms with E-state index in [2.05, 4.69) is 22.3 Å². The summed E-state index contributed by atoms with van der Waals surface area (Å²) < 4.78 is 10.8. The van der Waals surface area contributed by atoms with Crippen molar-refractivity contribution in [2.24, 2.45) is 0 Å². The number of halogens is 1. The van der Waals surface area contributed by atoms with Crippen LogP contribution in [0.1, 0.15) is 31.9 Å². The summed E-state index contributed by atoms with van der Waals surface area (Å²) in [6, 6.07) is 16.1. The molecule has 174 valence electrons. The van der Waals surface area contributed by atoms with Crippen molar-refractivity contribution < 1.29 is 14.3 Å². The van der Waals surface area contributed by atoms with Crippen molar-refractivity contribution in [1.29, 1.82) is 0 Å². The zero-order valence-electron chi connectivity index (χ0n) is 19.4. The molecule has 0 bridgehead atoms. The fourth-order valence-corrected chi connectivity index (χ4v) is 4.00. The van der Waals surface area contributed by atoms with Crippen LogP contribution in [0.2, 0.25) is 5.02 Å². The Morgan fingerprint density at radius 2 is 1.85 bits per heavy atom. The highest BCUT2D eigenvalue weighted by Crippen LogP contribution is 2.28. The average molecular weight is 468 g/mol. The Kier molecular flexibility index (Phi) is 7.17. The number of carbonyl (C=O) groups is 1. The van der Waals surface area contributed by atoms with E-state index in [1.54, 1.807) is 0 Å². The molecule has 0 saturated carbocycles. The van der Waals surface area contributed by atoms with E-state index in [1.165, 1.54) is 5.56 Å². The first kappa shape index (κ1) is 23.5. The second kappa shape index (κ2) is 10.1. The van der Waals surface area contributed by atoms with Crippen LogP contribution < -0.4 is 5.32 Å². The van der Waals surface area contributed by atoms with Crippen molar-refractivity contribution >= 4 is 28.6 Å². The number of hydrogen-bond donors (Lipinski definition) is 1. The number of alkyl carbamates (subject to hydrolysis) is 1. The summed E-state index contributed by atoms with van der Waals surface area (Å²) in [5, 5.41) is 4.59. The molecule has 3 aromatic rings. The molecule has 0 radical (unpaired) electrons. The number of nitrogens with zero attached hydrogens (tertiary/aromatic N) is 2. The molecule has 6 nitrogen and oxygen atoms in total. The normalized spacial score (nSPS) is 14.9. The van der Waals surface area contributed by atoms with Crippen molar-refractivity contribution in [3.8, 4) is 11.3 Å². The molecule has 1 aliphatic heterocycles. The van der Waals surface area contributed by atoms with Crippen LogP contribution in [-0.2, 0) is 22.6 Å². The first-order valence-corrected chi connectivity index (χ1v) is 11.6. The molecule has 1 saturated heterocycles. The van der Waals surface area contributed by atoms with Gasteiger partial charge in [-0.05, 0) is 50.1 Å². The number of aromatic nitrogens is 1. The smallest absolute Gasteiger partial charge is 0.407 e. The number of hydrogen-bond acceptors (Lipinski definition) is 5. The van der Waals surface area contributed by atoms with Crippen molar-refractivity contribution in [2.45, 2.75) is 39.5 Å². The molecule has 1 aromatic heterocycles. The van der Waals surface area contributed by atoms with Crippen LogP contribution in [0.3, 0.4) is 0 Å². The molecule has 7 heteroatoms. The maximum atomic E-state index is 11.9. The summed E-state index contributed by atoms with van der Waals surface area (Å²) in [6.07, 6.45) is -0.424. The van der Waals surface area contributed by atoms with Gasteiger partial charge in [0, 0.05) is 42.2 Å². The molecule has 1 fully saturated rings. The van der Waals surface area contributed by atoms with Crippen LogP contribution in [0.4, 0.5) is 4.79 Å². The van der Waals surface area contributed by atoms with E-state index >= 15 is 0 Å².